The molecule has 0 amide bonds. The van der Waals surface area contributed by atoms with Crippen LogP contribution in [0.5, 0.6) is 0 Å². The van der Waals surface area contributed by atoms with Crippen molar-refractivity contribution in [3.8, 4) is 22.4 Å². The molecule has 0 bridgehead atoms. The molecule has 4 rings (SSSR count). The Labute approximate surface area is 165 Å². The van der Waals surface area contributed by atoms with Gasteiger partial charge in [0.05, 0.1) is 0 Å². The summed E-state index contributed by atoms with van der Waals surface area (Å²) in [5, 5.41) is 8.02. The summed E-state index contributed by atoms with van der Waals surface area (Å²) < 4.78 is 13.4. The van der Waals surface area contributed by atoms with Gasteiger partial charge in [-0.25, -0.2) is 4.39 Å². The minimum Gasteiger partial charge on any atom is -0.306 e. The number of hydrogen-bond acceptors (Lipinski definition) is 3. The second-order valence-electron chi connectivity index (χ2n) is 7.93. The molecule has 1 aromatic carbocycles. The molecule has 3 aromatic rings. The quantitative estimate of drug-likeness (QED) is 0.630. The van der Waals surface area contributed by atoms with Crippen LogP contribution in [0, 0.1) is 5.82 Å². The minimum absolute atomic E-state index is 0.233. The van der Waals surface area contributed by atoms with Crippen molar-refractivity contribution in [2.24, 2.45) is 0 Å². The fraction of sp³-hybridized carbons (Fsp3) is 0.391. The lowest BCUT2D eigenvalue weighted by Crippen LogP contribution is -2.26. The molecule has 28 heavy (non-hydrogen) atoms. The van der Waals surface area contributed by atoms with Crippen molar-refractivity contribution >= 4 is 0 Å². The lowest BCUT2D eigenvalue weighted by atomic mass is 9.89. The van der Waals surface area contributed by atoms with Gasteiger partial charge in [-0.1, -0.05) is 6.42 Å². The number of H-pyrrole nitrogens is 1. The summed E-state index contributed by atoms with van der Waals surface area (Å²) in [6.07, 6.45) is 9.59. The van der Waals surface area contributed by atoms with Crippen LogP contribution < -0.4 is 0 Å². The number of aromatic amines is 1. The molecule has 1 aliphatic carbocycles. The minimum atomic E-state index is -0.233. The molecule has 4 nitrogen and oxygen atoms in total. The number of halogens is 1. The largest absolute Gasteiger partial charge is 0.306 e. The number of benzene rings is 1. The molecular weight excluding hydrogens is 351 g/mol. The molecule has 0 aliphatic heterocycles. The highest BCUT2D eigenvalue weighted by Crippen LogP contribution is 2.41. The topological polar surface area (TPSA) is 44.8 Å². The van der Waals surface area contributed by atoms with Crippen LogP contribution in [0.2, 0.25) is 0 Å². The molecule has 0 unspecified atom stereocenters. The molecular formula is C23H27FN4. The fourth-order valence-electron chi connectivity index (χ4n) is 4.37. The fourth-order valence-corrected chi connectivity index (χ4v) is 4.37. The maximum Gasteiger partial charge on any atom is 0.123 e. The van der Waals surface area contributed by atoms with Crippen LogP contribution in [0.3, 0.4) is 0 Å². The van der Waals surface area contributed by atoms with E-state index in [9.17, 15) is 4.39 Å². The third-order valence-electron chi connectivity index (χ3n) is 5.96. The van der Waals surface area contributed by atoms with E-state index in [1.165, 1.54) is 37.1 Å². The van der Waals surface area contributed by atoms with Crippen LogP contribution in [0.15, 0.2) is 48.8 Å². The summed E-state index contributed by atoms with van der Waals surface area (Å²) in [5.74, 6) is 0.221. The third-order valence-corrected chi connectivity index (χ3v) is 5.96. The van der Waals surface area contributed by atoms with Gasteiger partial charge in [0.25, 0.3) is 0 Å². The summed E-state index contributed by atoms with van der Waals surface area (Å²) >= 11 is 0. The Hall–Kier alpha value is -2.53. The molecule has 0 radical (unpaired) electrons. The second-order valence-corrected chi connectivity index (χ2v) is 7.93. The number of nitrogens with zero attached hydrogens (tertiary/aromatic N) is 3. The third kappa shape index (κ3) is 3.85. The van der Waals surface area contributed by atoms with E-state index in [-0.39, 0.29) is 5.82 Å². The van der Waals surface area contributed by atoms with Crippen LogP contribution in [0.4, 0.5) is 4.39 Å². The van der Waals surface area contributed by atoms with E-state index in [1.807, 2.05) is 24.5 Å². The molecule has 1 N–H and O–H groups in total. The Balaban J connectivity index is 1.74. The molecule has 146 valence electrons. The molecule has 2 heterocycles. The average Bonchev–Trinajstić information content (AvgIpc) is 2.99. The van der Waals surface area contributed by atoms with Gasteiger partial charge in [0.2, 0.25) is 0 Å². The summed E-state index contributed by atoms with van der Waals surface area (Å²) in [6, 6.07) is 11.3. The number of hydrogen-bond donors (Lipinski definition) is 1. The number of nitrogens with one attached hydrogen (secondary N) is 1. The monoisotopic (exact) mass is 378 g/mol. The molecule has 5 heteroatoms. The zero-order valence-corrected chi connectivity index (χ0v) is 16.5. The van der Waals surface area contributed by atoms with Gasteiger partial charge in [0, 0.05) is 41.2 Å². The number of rotatable bonds is 4. The molecule has 2 atom stereocenters. The molecule has 0 spiro atoms. The SMILES string of the molecule is CN(C)[C@H]1CCC[C@@H](c2[nH]nc(-c3ccc(F)cc3)c2-c2ccncc2)CC1. The lowest BCUT2D eigenvalue weighted by Gasteiger charge is -2.22. The second kappa shape index (κ2) is 8.23. The molecule has 1 saturated carbocycles. The Morgan fingerprint density at radius 2 is 1.68 bits per heavy atom. The average molecular weight is 378 g/mol. The van der Waals surface area contributed by atoms with Gasteiger partial charge in [-0.05, 0) is 81.7 Å². The Bertz CT molecular complexity index is 902. The van der Waals surface area contributed by atoms with Gasteiger partial charge in [-0.3, -0.25) is 10.1 Å². The van der Waals surface area contributed by atoms with Gasteiger partial charge < -0.3 is 4.90 Å². The Kier molecular flexibility index (Phi) is 5.53. The van der Waals surface area contributed by atoms with Crippen LogP contribution in [0.1, 0.15) is 43.7 Å². The number of aromatic nitrogens is 3. The van der Waals surface area contributed by atoms with E-state index in [0.29, 0.717) is 12.0 Å². The van der Waals surface area contributed by atoms with Gasteiger partial charge in [-0.2, -0.15) is 5.10 Å². The van der Waals surface area contributed by atoms with Crippen molar-refractivity contribution in [1.29, 1.82) is 0 Å². The zero-order valence-electron chi connectivity index (χ0n) is 16.5. The predicted molar refractivity (Wildman–Crippen MR) is 111 cm³/mol. The van der Waals surface area contributed by atoms with Gasteiger partial charge in [-0.15, -0.1) is 0 Å². The molecule has 0 saturated heterocycles. The summed E-state index contributed by atoms with van der Waals surface area (Å²) in [4.78, 5) is 6.52. The normalized spacial score (nSPS) is 20.3. The lowest BCUT2D eigenvalue weighted by molar-refractivity contribution is 0.266. The molecule has 2 aromatic heterocycles. The first-order chi connectivity index (χ1) is 13.6. The maximum atomic E-state index is 13.4. The summed E-state index contributed by atoms with van der Waals surface area (Å²) in [6.45, 7) is 0. The number of pyridine rings is 1. The van der Waals surface area contributed by atoms with E-state index < -0.39 is 0 Å². The standard InChI is InChI=1S/C23H27FN4/c1-28(2)20-5-3-4-17(8-11-20)22-21(16-12-14-25-15-13-16)23(27-26-22)18-6-9-19(24)10-7-18/h6-7,9-10,12-15,17,20H,3-5,8,11H2,1-2H3,(H,26,27)/t17-,20+/m1/s1. The van der Waals surface area contributed by atoms with Crippen molar-refractivity contribution < 1.29 is 4.39 Å². The van der Waals surface area contributed by atoms with Crippen LogP contribution in [0.25, 0.3) is 22.4 Å². The Morgan fingerprint density at radius 1 is 0.929 bits per heavy atom. The van der Waals surface area contributed by atoms with E-state index in [1.54, 1.807) is 12.1 Å². The zero-order chi connectivity index (χ0) is 19.5. The molecule has 1 aliphatic rings. The first-order valence-corrected chi connectivity index (χ1v) is 10.0. The van der Waals surface area contributed by atoms with E-state index >= 15 is 0 Å². The van der Waals surface area contributed by atoms with Crippen LogP contribution in [-0.4, -0.2) is 40.2 Å². The first kappa shape index (κ1) is 18.8. The first-order valence-electron chi connectivity index (χ1n) is 10.0. The predicted octanol–water partition coefficient (Wildman–Crippen LogP) is 5.26. The molecule has 1 fully saturated rings. The van der Waals surface area contributed by atoms with Crippen molar-refractivity contribution in [3.63, 3.8) is 0 Å². The van der Waals surface area contributed by atoms with Crippen LogP contribution >= 0.6 is 0 Å². The van der Waals surface area contributed by atoms with Gasteiger partial charge >= 0.3 is 0 Å². The highest BCUT2D eigenvalue weighted by atomic mass is 19.1. The van der Waals surface area contributed by atoms with E-state index in [2.05, 4.69) is 34.2 Å². The smallest absolute Gasteiger partial charge is 0.123 e. The van der Waals surface area contributed by atoms with Gasteiger partial charge in [0.15, 0.2) is 0 Å². The van der Waals surface area contributed by atoms with Crippen molar-refractivity contribution in [3.05, 3.63) is 60.3 Å². The summed E-state index contributed by atoms with van der Waals surface area (Å²) in [5.41, 5.74) is 5.24. The summed E-state index contributed by atoms with van der Waals surface area (Å²) in [7, 11) is 4.35. The van der Waals surface area contributed by atoms with Crippen molar-refractivity contribution in [1.82, 2.24) is 20.1 Å². The Morgan fingerprint density at radius 3 is 2.39 bits per heavy atom. The maximum absolute atomic E-state index is 13.4. The van der Waals surface area contributed by atoms with Crippen LogP contribution in [-0.2, 0) is 0 Å². The van der Waals surface area contributed by atoms with E-state index in [0.717, 1.165) is 35.2 Å². The van der Waals surface area contributed by atoms with Gasteiger partial charge in [0.1, 0.15) is 11.5 Å². The van der Waals surface area contributed by atoms with Crippen molar-refractivity contribution in [2.75, 3.05) is 14.1 Å². The highest BCUT2D eigenvalue weighted by Gasteiger charge is 2.27. The highest BCUT2D eigenvalue weighted by molar-refractivity contribution is 5.82. The van der Waals surface area contributed by atoms with Crippen molar-refractivity contribution in [2.45, 2.75) is 44.1 Å². The van der Waals surface area contributed by atoms with E-state index in [4.69, 9.17) is 0 Å².